The number of amides is 7. The van der Waals surface area contributed by atoms with Gasteiger partial charge in [0.05, 0.1) is 16.8 Å². The molecule has 4 aromatic carbocycles. The van der Waals surface area contributed by atoms with Crippen LogP contribution >= 0.6 is 0 Å². The number of piperazine rings is 1. The summed E-state index contributed by atoms with van der Waals surface area (Å²) in [5, 5.41) is 8.21. The molecule has 16 nitrogen and oxygen atoms in total. The van der Waals surface area contributed by atoms with Crippen molar-refractivity contribution in [3.63, 3.8) is 0 Å². The van der Waals surface area contributed by atoms with Crippen LogP contribution in [0.3, 0.4) is 0 Å². The molecule has 0 spiro atoms. The normalized spacial score (nSPS) is 16.2. The molecule has 0 radical (unpaired) electrons. The monoisotopic (exact) mass is 974 g/mol. The molecule has 5 aromatic rings. The Hall–Kier alpha value is -7.59. The van der Waals surface area contributed by atoms with Crippen LogP contribution in [0.4, 0.5) is 5.69 Å². The lowest BCUT2D eigenvalue weighted by Crippen LogP contribution is -2.54. The van der Waals surface area contributed by atoms with E-state index in [1.165, 1.54) is 4.57 Å². The second kappa shape index (κ2) is 21.8. The Kier molecular flexibility index (Phi) is 15.4. The van der Waals surface area contributed by atoms with Gasteiger partial charge in [-0.1, -0.05) is 75.7 Å². The van der Waals surface area contributed by atoms with E-state index in [1.807, 2.05) is 66.4 Å². The molecule has 3 aliphatic rings. The van der Waals surface area contributed by atoms with Crippen molar-refractivity contribution in [2.75, 3.05) is 44.6 Å². The van der Waals surface area contributed by atoms with Gasteiger partial charge in [0.2, 0.25) is 17.7 Å². The topological polar surface area (TPSA) is 200 Å². The summed E-state index contributed by atoms with van der Waals surface area (Å²) in [5.41, 5.74) is 7.12. The molecule has 0 saturated carbocycles. The molecule has 2 fully saturated rings. The number of benzene rings is 4. The lowest BCUT2D eigenvalue weighted by atomic mass is 9.86. The maximum absolute atomic E-state index is 13.5. The third-order valence-electron chi connectivity index (χ3n) is 13.9. The Bertz CT molecular complexity index is 2990. The molecule has 16 heteroatoms. The molecular formula is C56H62N8O8. The molecule has 1 atom stereocenters. The zero-order chi connectivity index (χ0) is 51.3. The number of nitrogens with one attached hydrogen (secondary N) is 3. The van der Waals surface area contributed by atoms with Crippen molar-refractivity contribution in [1.82, 2.24) is 34.9 Å². The number of imide groups is 2. The molecule has 4 heterocycles. The standard InChI is InChI=1S/C56H62N8O8/c1-35-41(12-10-14-43(35)59-50(67)38-19-22-40(23-20-38)56(2,3)4)45-34-61(5)54(71)44(58-45)33-36-15-17-39(18-16-36)52(69)63-31-29-62(30-32-63)28-8-6-7-27-57-47(65)25-21-37-11-9-13-42-49(37)55(72)64(53(42)70)46-24-26-48(66)60-51(46)68/h9-20,22-23,34,46H,6-8,21,24-33H2,1-5H3,(H,57,65)(H,59,67)(H,60,66,68). The van der Waals surface area contributed by atoms with E-state index in [-0.39, 0.29) is 71.9 Å². The first-order valence-electron chi connectivity index (χ1n) is 24.8. The highest BCUT2D eigenvalue weighted by Gasteiger charge is 2.45. The van der Waals surface area contributed by atoms with Gasteiger partial charge in [-0.15, -0.1) is 0 Å². The fourth-order valence-corrected chi connectivity index (χ4v) is 9.59. The molecule has 8 rings (SSSR count). The van der Waals surface area contributed by atoms with E-state index >= 15 is 0 Å². The summed E-state index contributed by atoms with van der Waals surface area (Å²) in [7, 11) is 1.70. The Morgan fingerprint density at radius 1 is 0.792 bits per heavy atom. The van der Waals surface area contributed by atoms with Crippen LogP contribution < -0.4 is 21.5 Å². The minimum atomic E-state index is -1.05. The highest BCUT2D eigenvalue weighted by atomic mass is 16.2. The quantitative estimate of drug-likeness (QED) is 0.0782. The Morgan fingerprint density at radius 2 is 1.49 bits per heavy atom. The number of unbranched alkanes of at least 4 members (excludes halogenated alkanes) is 2. The molecule has 0 aliphatic carbocycles. The van der Waals surface area contributed by atoms with Crippen LogP contribution in [0.15, 0.2) is 95.9 Å². The number of rotatable bonds is 16. The van der Waals surface area contributed by atoms with Gasteiger partial charge in [0.15, 0.2) is 0 Å². The molecule has 1 aromatic heterocycles. The predicted octanol–water partition coefficient (Wildman–Crippen LogP) is 5.97. The number of hydrogen-bond acceptors (Lipinski definition) is 10. The number of aromatic nitrogens is 2. The number of aryl methyl sites for hydroxylation is 2. The molecule has 3 aliphatic heterocycles. The highest BCUT2D eigenvalue weighted by molar-refractivity contribution is 6.24. The number of anilines is 1. The Morgan fingerprint density at radius 3 is 2.19 bits per heavy atom. The molecule has 3 N–H and O–H groups in total. The van der Waals surface area contributed by atoms with E-state index < -0.39 is 29.7 Å². The van der Waals surface area contributed by atoms with Crippen LogP contribution in [0.25, 0.3) is 11.3 Å². The first-order valence-corrected chi connectivity index (χ1v) is 24.8. The number of carbonyl (C=O) groups excluding carboxylic acids is 7. The minimum Gasteiger partial charge on any atom is -0.356 e. The van der Waals surface area contributed by atoms with Crippen LogP contribution in [0, 0.1) is 6.92 Å². The number of piperidine rings is 1. The molecule has 0 bridgehead atoms. The summed E-state index contributed by atoms with van der Waals surface area (Å²) in [6, 6.07) is 24.5. The Labute approximate surface area is 419 Å². The number of nitrogens with zero attached hydrogens (tertiary/aromatic N) is 5. The van der Waals surface area contributed by atoms with E-state index in [0.717, 1.165) is 66.1 Å². The van der Waals surface area contributed by atoms with Crippen molar-refractivity contribution in [1.29, 1.82) is 0 Å². The SMILES string of the molecule is Cc1c(NC(=O)c2ccc(C(C)(C)C)cc2)cccc1-c1cn(C)c(=O)c(Cc2ccc(C(=O)N3CCN(CCCCCNC(=O)CCc4cccc5c4C(=O)N(C4CCC(=O)NC4=O)C5=O)CC3)cc2)n1. The zero-order valence-corrected chi connectivity index (χ0v) is 41.6. The molecule has 374 valence electrons. The Balaban J connectivity index is 0.753. The van der Waals surface area contributed by atoms with Crippen molar-refractivity contribution < 1.29 is 33.6 Å². The number of carbonyl (C=O) groups is 7. The smallest absolute Gasteiger partial charge is 0.272 e. The zero-order valence-electron chi connectivity index (χ0n) is 41.6. The summed E-state index contributed by atoms with van der Waals surface area (Å²) in [6.07, 6.45) is 5.14. The van der Waals surface area contributed by atoms with Gasteiger partial charge in [0.25, 0.3) is 29.2 Å². The third kappa shape index (κ3) is 11.4. The van der Waals surface area contributed by atoms with Crippen molar-refractivity contribution in [3.05, 3.63) is 152 Å². The summed E-state index contributed by atoms with van der Waals surface area (Å²) < 4.78 is 1.53. The minimum absolute atomic E-state index is 0.0222. The summed E-state index contributed by atoms with van der Waals surface area (Å²) in [6.45, 7) is 12.4. The maximum Gasteiger partial charge on any atom is 0.272 e. The predicted molar refractivity (Wildman–Crippen MR) is 273 cm³/mol. The van der Waals surface area contributed by atoms with Crippen LogP contribution in [0.5, 0.6) is 0 Å². The van der Waals surface area contributed by atoms with Gasteiger partial charge in [-0.25, -0.2) is 4.98 Å². The number of hydrogen-bond donors (Lipinski definition) is 3. The molecule has 1 unspecified atom stereocenters. The fourth-order valence-electron chi connectivity index (χ4n) is 9.59. The fraction of sp³-hybridized carbons (Fsp3) is 0.375. The van der Waals surface area contributed by atoms with Crippen molar-refractivity contribution in [2.24, 2.45) is 7.05 Å². The van der Waals surface area contributed by atoms with Gasteiger partial charge in [-0.2, -0.15) is 0 Å². The van der Waals surface area contributed by atoms with Crippen molar-refractivity contribution >= 4 is 47.0 Å². The largest absolute Gasteiger partial charge is 0.356 e. The molecule has 2 saturated heterocycles. The van der Waals surface area contributed by atoms with Gasteiger partial charge in [-0.05, 0) is 103 Å². The van der Waals surface area contributed by atoms with E-state index in [0.29, 0.717) is 53.4 Å². The van der Waals surface area contributed by atoms with Gasteiger partial charge < -0.3 is 20.1 Å². The first kappa shape index (κ1) is 50.8. The van der Waals surface area contributed by atoms with Crippen LogP contribution in [0.2, 0.25) is 0 Å². The average Bonchev–Trinajstić information content (AvgIpc) is 3.62. The van der Waals surface area contributed by atoms with E-state index in [4.69, 9.17) is 4.98 Å². The van der Waals surface area contributed by atoms with Crippen LogP contribution in [-0.4, -0.2) is 111 Å². The summed E-state index contributed by atoms with van der Waals surface area (Å²) >= 11 is 0. The molecular weight excluding hydrogens is 913 g/mol. The van der Waals surface area contributed by atoms with E-state index in [9.17, 15) is 38.4 Å². The summed E-state index contributed by atoms with van der Waals surface area (Å²) in [5.74, 6) is -2.67. The second-order valence-electron chi connectivity index (χ2n) is 20.0. The maximum atomic E-state index is 13.5. The molecule has 7 amide bonds. The van der Waals surface area contributed by atoms with E-state index in [1.54, 1.807) is 43.6 Å². The van der Waals surface area contributed by atoms with Gasteiger partial charge in [0.1, 0.15) is 11.7 Å². The van der Waals surface area contributed by atoms with Crippen molar-refractivity contribution in [3.8, 4) is 11.3 Å². The third-order valence-corrected chi connectivity index (χ3v) is 13.9. The lowest BCUT2D eigenvalue weighted by Gasteiger charge is -2.34. The van der Waals surface area contributed by atoms with Crippen LogP contribution in [0.1, 0.15) is 129 Å². The van der Waals surface area contributed by atoms with Crippen LogP contribution in [-0.2, 0) is 39.7 Å². The average molecular weight is 975 g/mol. The number of fused-ring (bicyclic) bond motifs is 1. The van der Waals surface area contributed by atoms with Gasteiger partial charge in [-0.3, -0.25) is 53.5 Å². The van der Waals surface area contributed by atoms with Gasteiger partial charge in [0, 0.05) is 87.6 Å². The van der Waals surface area contributed by atoms with E-state index in [2.05, 4.69) is 41.6 Å². The molecule has 72 heavy (non-hydrogen) atoms. The lowest BCUT2D eigenvalue weighted by molar-refractivity contribution is -0.136. The van der Waals surface area contributed by atoms with Gasteiger partial charge >= 0.3 is 0 Å². The highest BCUT2D eigenvalue weighted by Crippen LogP contribution is 2.31. The van der Waals surface area contributed by atoms with Crippen molar-refractivity contribution in [2.45, 2.75) is 90.5 Å². The summed E-state index contributed by atoms with van der Waals surface area (Å²) in [4.78, 5) is 113. The second-order valence-corrected chi connectivity index (χ2v) is 20.0. The first-order chi connectivity index (χ1) is 34.5.